The van der Waals surface area contributed by atoms with Crippen LogP contribution < -0.4 is 5.56 Å². The Bertz CT molecular complexity index is 750. The fourth-order valence-electron chi connectivity index (χ4n) is 1.64. The number of aromatic nitrogens is 1. The number of rotatable bonds is 3. The van der Waals surface area contributed by atoms with Crippen LogP contribution in [0.5, 0.6) is 0 Å². The van der Waals surface area contributed by atoms with Crippen LogP contribution >= 0.6 is 11.6 Å². The Balaban J connectivity index is 2.24. The van der Waals surface area contributed by atoms with Crippen molar-refractivity contribution in [3.63, 3.8) is 0 Å². The molecular formula is C15H11ClFNO2. The summed E-state index contributed by atoms with van der Waals surface area (Å²) in [6.07, 6.45) is 4.07. The zero-order valence-corrected chi connectivity index (χ0v) is 11.4. The van der Waals surface area contributed by atoms with Gasteiger partial charge in [-0.2, -0.15) is 0 Å². The minimum Gasteiger partial charge on any atom is -0.318 e. The molecular weight excluding hydrogens is 281 g/mol. The Morgan fingerprint density at radius 1 is 1.30 bits per heavy atom. The highest BCUT2D eigenvalue weighted by Gasteiger charge is 2.04. The molecule has 0 atom stereocenters. The van der Waals surface area contributed by atoms with Gasteiger partial charge in [-0.1, -0.05) is 17.7 Å². The lowest BCUT2D eigenvalue weighted by Crippen LogP contribution is -2.15. The molecule has 0 amide bonds. The van der Waals surface area contributed by atoms with Crippen molar-refractivity contribution in [3.05, 3.63) is 74.9 Å². The van der Waals surface area contributed by atoms with E-state index >= 15 is 0 Å². The third-order valence-corrected chi connectivity index (χ3v) is 2.98. The minimum absolute atomic E-state index is 0.200. The summed E-state index contributed by atoms with van der Waals surface area (Å²) in [5.41, 5.74) is 0.430. The number of carbonyl (C=O) groups is 1. The van der Waals surface area contributed by atoms with Gasteiger partial charge in [-0.3, -0.25) is 9.59 Å². The zero-order chi connectivity index (χ0) is 14.7. The highest BCUT2D eigenvalue weighted by molar-refractivity contribution is 6.30. The van der Waals surface area contributed by atoms with Gasteiger partial charge < -0.3 is 4.57 Å². The number of benzene rings is 1. The number of pyridine rings is 1. The first-order chi connectivity index (χ1) is 9.47. The van der Waals surface area contributed by atoms with Crippen molar-refractivity contribution in [1.29, 1.82) is 0 Å². The van der Waals surface area contributed by atoms with E-state index in [2.05, 4.69) is 0 Å². The standard InChI is InChI=1S/C15H11ClFNO2/c1-18-9-11(4-7-15(18)20)14(19)6-3-10-2-5-12(16)8-13(10)17/h2-9H,1H3/b6-3+. The Morgan fingerprint density at radius 2 is 2.05 bits per heavy atom. The van der Waals surface area contributed by atoms with Crippen molar-refractivity contribution in [2.24, 2.45) is 7.05 Å². The topological polar surface area (TPSA) is 39.1 Å². The third kappa shape index (κ3) is 3.22. The second-order valence-electron chi connectivity index (χ2n) is 4.23. The quantitative estimate of drug-likeness (QED) is 0.644. The zero-order valence-electron chi connectivity index (χ0n) is 10.6. The molecule has 0 aliphatic carbocycles. The molecule has 20 heavy (non-hydrogen) atoms. The van der Waals surface area contributed by atoms with Crippen LogP contribution in [0.25, 0.3) is 6.08 Å². The molecule has 0 saturated carbocycles. The fraction of sp³-hybridized carbons (Fsp3) is 0.0667. The molecule has 0 aliphatic rings. The maximum Gasteiger partial charge on any atom is 0.250 e. The molecule has 0 radical (unpaired) electrons. The first kappa shape index (κ1) is 14.2. The van der Waals surface area contributed by atoms with Gasteiger partial charge in [0.1, 0.15) is 5.82 Å². The fourth-order valence-corrected chi connectivity index (χ4v) is 1.80. The highest BCUT2D eigenvalue weighted by Crippen LogP contribution is 2.16. The Labute approximate surface area is 119 Å². The molecule has 1 heterocycles. The summed E-state index contributed by atoms with van der Waals surface area (Å²) >= 11 is 5.64. The molecule has 0 saturated heterocycles. The summed E-state index contributed by atoms with van der Waals surface area (Å²) in [4.78, 5) is 23.1. The van der Waals surface area contributed by atoms with Crippen molar-refractivity contribution in [2.45, 2.75) is 0 Å². The average Bonchev–Trinajstić information content (AvgIpc) is 2.40. The smallest absolute Gasteiger partial charge is 0.250 e. The normalized spacial score (nSPS) is 10.9. The number of allylic oxidation sites excluding steroid dienone is 1. The summed E-state index contributed by atoms with van der Waals surface area (Å²) in [7, 11) is 1.56. The average molecular weight is 292 g/mol. The van der Waals surface area contributed by atoms with Crippen LogP contribution in [0, 0.1) is 5.82 Å². The number of nitrogens with zero attached hydrogens (tertiary/aromatic N) is 1. The molecule has 1 aromatic carbocycles. The third-order valence-electron chi connectivity index (χ3n) is 2.75. The van der Waals surface area contributed by atoms with Crippen LogP contribution in [0.2, 0.25) is 5.02 Å². The van der Waals surface area contributed by atoms with E-state index in [0.29, 0.717) is 10.6 Å². The Morgan fingerprint density at radius 3 is 2.70 bits per heavy atom. The summed E-state index contributed by atoms with van der Waals surface area (Å²) in [5, 5.41) is 0.295. The van der Waals surface area contributed by atoms with Gasteiger partial charge >= 0.3 is 0 Å². The minimum atomic E-state index is -0.498. The lowest BCUT2D eigenvalue weighted by molar-refractivity contribution is 0.104. The van der Waals surface area contributed by atoms with Gasteiger partial charge in [0, 0.05) is 35.5 Å². The number of hydrogen-bond acceptors (Lipinski definition) is 2. The van der Waals surface area contributed by atoms with E-state index in [1.807, 2.05) is 0 Å². The van der Waals surface area contributed by atoms with Crippen molar-refractivity contribution < 1.29 is 9.18 Å². The maximum absolute atomic E-state index is 13.5. The van der Waals surface area contributed by atoms with Gasteiger partial charge in [0.2, 0.25) is 5.56 Å². The molecule has 0 aliphatic heterocycles. The lowest BCUT2D eigenvalue weighted by atomic mass is 10.1. The van der Waals surface area contributed by atoms with Gasteiger partial charge in [-0.15, -0.1) is 0 Å². The Kier molecular flexibility index (Phi) is 4.15. The summed E-state index contributed by atoms with van der Waals surface area (Å²) in [6.45, 7) is 0. The monoisotopic (exact) mass is 291 g/mol. The molecule has 0 spiro atoms. The molecule has 2 aromatic rings. The molecule has 0 bridgehead atoms. The van der Waals surface area contributed by atoms with E-state index in [1.165, 1.54) is 47.2 Å². The second kappa shape index (κ2) is 5.84. The first-order valence-electron chi connectivity index (χ1n) is 5.81. The number of aryl methyl sites for hydroxylation is 1. The van der Waals surface area contributed by atoms with Crippen molar-refractivity contribution in [2.75, 3.05) is 0 Å². The first-order valence-corrected chi connectivity index (χ1v) is 6.19. The van der Waals surface area contributed by atoms with Crippen molar-refractivity contribution >= 4 is 23.5 Å². The molecule has 1 aromatic heterocycles. The van der Waals surface area contributed by atoms with E-state index in [0.717, 1.165) is 0 Å². The van der Waals surface area contributed by atoms with Crippen LogP contribution in [-0.2, 0) is 7.05 Å². The van der Waals surface area contributed by atoms with Crippen LogP contribution in [-0.4, -0.2) is 10.4 Å². The number of halogens is 2. The summed E-state index contributed by atoms with van der Waals surface area (Å²) in [6, 6.07) is 6.96. The van der Waals surface area contributed by atoms with E-state index in [4.69, 9.17) is 11.6 Å². The van der Waals surface area contributed by atoms with Gasteiger partial charge in [0.15, 0.2) is 5.78 Å². The Hall–Kier alpha value is -2.20. The molecule has 0 fully saturated rings. The second-order valence-corrected chi connectivity index (χ2v) is 4.67. The van der Waals surface area contributed by atoms with Crippen LogP contribution in [0.1, 0.15) is 15.9 Å². The molecule has 3 nitrogen and oxygen atoms in total. The van der Waals surface area contributed by atoms with E-state index in [-0.39, 0.29) is 16.9 Å². The van der Waals surface area contributed by atoms with Crippen LogP contribution in [0.15, 0.2) is 47.4 Å². The SMILES string of the molecule is Cn1cc(C(=O)/C=C/c2ccc(Cl)cc2F)ccc1=O. The van der Waals surface area contributed by atoms with Gasteiger partial charge in [-0.05, 0) is 30.4 Å². The highest BCUT2D eigenvalue weighted by atomic mass is 35.5. The lowest BCUT2D eigenvalue weighted by Gasteiger charge is -2.00. The maximum atomic E-state index is 13.5. The number of ketones is 1. The number of carbonyl (C=O) groups excluding carboxylic acids is 1. The van der Waals surface area contributed by atoms with Crippen molar-refractivity contribution in [3.8, 4) is 0 Å². The predicted molar refractivity (Wildman–Crippen MR) is 76.5 cm³/mol. The van der Waals surface area contributed by atoms with Crippen molar-refractivity contribution in [1.82, 2.24) is 4.57 Å². The number of hydrogen-bond donors (Lipinski definition) is 0. The van der Waals surface area contributed by atoms with E-state index < -0.39 is 5.82 Å². The molecule has 2 rings (SSSR count). The molecule has 102 valence electrons. The molecule has 0 N–H and O–H groups in total. The van der Waals surface area contributed by atoms with Gasteiger partial charge in [0.25, 0.3) is 0 Å². The van der Waals surface area contributed by atoms with Gasteiger partial charge in [0.05, 0.1) is 0 Å². The summed E-state index contributed by atoms with van der Waals surface area (Å²) < 4.78 is 14.8. The van der Waals surface area contributed by atoms with E-state index in [1.54, 1.807) is 13.1 Å². The van der Waals surface area contributed by atoms with Crippen LogP contribution in [0.3, 0.4) is 0 Å². The van der Waals surface area contributed by atoms with Crippen LogP contribution in [0.4, 0.5) is 4.39 Å². The molecule has 0 unspecified atom stereocenters. The largest absolute Gasteiger partial charge is 0.318 e. The van der Waals surface area contributed by atoms with Gasteiger partial charge in [-0.25, -0.2) is 4.39 Å². The predicted octanol–water partition coefficient (Wildman–Crippen LogP) is 3.07. The summed E-state index contributed by atoms with van der Waals surface area (Å²) in [5.74, 6) is -0.808. The van der Waals surface area contributed by atoms with E-state index in [9.17, 15) is 14.0 Å². The molecule has 5 heteroatoms.